The normalized spacial score (nSPS) is 10.6. The third kappa shape index (κ3) is 3.98. The summed E-state index contributed by atoms with van der Waals surface area (Å²) in [7, 11) is 0. The summed E-state index contributed by atoms with van der Waals surface area (Å²) < 4.78 is 1.55. The summed E-state index contributed by atoms with van der Waals surface area (Å²) in [6.45, 7) is 4.12. The molecule has 4 aromatic rings. The molecule has 7 nitrogen and oxygen atoms in total. The lowest BCUT2D eigenvalue weighted by Gasteiger charge is -2.15. The van der Waals surface area contributed by atoms with Gasteiger partial charge in [0.1, 0.15) is 12.7 Å². The molecule has 2 aromatic heterocycles. The van der Waals surface area contributed by atoms with Crippen LogP contribution in [-0.2, 0) is 0 Å². The maximum absolute atomic E-state index is 12.9. The average Bonchev–Trinajstić information content (AvgIpc) is 3.27. The smallest absolute Gasteiger partial charge is 0.257 e. The molecule has 144 valence electrons. The van der Waals surface area contributed by atoms with Crippen LogP contribution >= 0.6 is 0 Å². The average molecular weight is 384 g/mol. The molecule has 0 radical (unpaired) electrons. The number of anilines is 3. The van der Waals surface area contributed by atoms with Gasteiger partial charge in [-0.2, -0.15) is 5.10 Å². The van der Waals surface area contributed by atoms with E-state index in [1.165, 1.54) is 11.9 Å². The minimum Gasteiger partial charge on any atom is -0.355 e. The van der Waals surface area contributed by atoms with E-state index < -0.39 is 0 Å². The fourth-order valence-electron chi connectivity index (χ4n) is 2.94. The standard InChI is InChI=1S/C22H20N6O/c1-15-6-5-9-19(16(15)2)27-20-8-4-3-7-18(20)22(29)26-17-10-11-21(24-12-17)28-14-23-13-25-28/h3-14,27H,1-2H3,(H,26,29). The van der Waals surface area contributed by atoms with Crippen molar-refractivity contribution in [2.45, 2.75) is 13.8 Å². The van der Waals surface area contributed by atoms with Crippen LogP contribution in [0.2, 0.25) is 0 Å². The van der Waals surface area contributed by atoms with Crippen molar-refractivity contribution in [3.8, 4) is 5.82 Å². The number of amides is 1. The van der Waals surface area contributed by atoms with Gasteiger partial charge in [-0.05, 0) is 55.3 Å². The second kappa shape index (κ2) is 7.93. The Kier molecular flexibility index (Phi) is 5.03. The van der Waals surface area contributed by atoms with Crippen molar-refractivity contribution in [2.24, 2.45) is 0 Å². The Morgan fingerprint density at radius 3 is 2.55 bits per heavy atom. The molecule has 1 amide bonds. The summed E-state index contributed by atoms with van der Waals surface area (Å²) in [4.78, 5) is 21.1. The molecule has 0 aliphatic heterocycles. The van der Waals surface area contributed by atoms with Gasteiger partial charge in [0.15, 0.2) is 5.82 Å². The molecule has 0 bridgehead atoms. The summed E-state index contributed by atoms with van der Waals surface area (Å²) in [6, 6.07) is 17.0. The first-order valence-electron chi connectivity index (χ1n) is 9.16. The maximum atomic E-state index is 12.9. The fourth-order valence-corrected chi connectivity index (χ4v) is 2.94. The van der Waals surface area contributed by atoms with Gasteiger partial charge in [0.05, 0.1) is 23.1 Å². The lowest BCUT2D eigenvalue weighted by Crippen LogP contribution is -2.14. The SMILES string of the molecule is Cc1cccc(Nc2ccccc2C(=O)Nc2ccc(-n3cncn3)nc2)c1C. The number of nitrogens with one attached hydrogen (secondary N) is 2. The van der Waals surface area contributed by atoms with E-state index in [9.17, 15) is 4.79 Å². The van der Waals surface area contributed by atoms with Gasteiger partial charge >= 0.3 is 0 Å². The highest BCUT2D eigenvalue weighted by molar-refractivity contribution is 6.08. The highest BCUT2D eigenvalue weighted by Gasteiger charge is 2.13. The Labute approximate surface area is 168 Å². The molecular formula is C22H20N6O. The minimum atomic E-state index is -0.214. The van der Waals surface area contributed by atoms with Crippen LogP contribution in [0.3, 0.4) is 0 Å². The number of aromatic nitrogens is 4. The highest BCUT2D eigenvalue weighted by Crippen LogP contribution is 2.26. The van der Waals surface area contributed by atoms with Gasteiger partial charge in [0.25, 0.3) is 5.91 Å². The van der Waals surface area contributed by atoms with E-state index >= 15 is 0 Å². The van der Waals surface area contributed by atoms with Crippen molar-refractivity contribution in [2.75, 3.05) is 10.6 Å². The van der Waals surface area contributed by atoms with Gasteiger partial charge in [-0.1, -0.05) is 24.3 Å². The van der Waals surface area contributed by atoms with Crippen LogP contribution in [0.25, 0.3) is 5.82 Å². The number of pyridine rings is 1. The number of hydrogen-bond donors (Lipinski definition) is 2. The molecule has 0 aliphatic rings. The van der Waals surface area contributed by atoms with E-state index in [0.29, 0.717) is 17.1 Å². The largest absolute Gasteiger partial charge is 0.355 e. The van der Waals surface area contributed by atoms with E-state index in [1.807, 2.05) is 30.3 Å². The molecule has 0 spiro atoms. The lowest BCUT2D eigenvalue weighted by molar-refractivity contribution is 0.102. The molecule has 2 heterocycles. The minimum absolute atomic E-state index is 0.214. The van der Waals surface area contributed by atoms with Crippen LogP contribution < -0.4 is 10.6 Å². The molecule has 0 fully saturated rings. The van der Waals surface area contributed by atoms with Crippen LogP contribution in [-0.4, -0.2) is 25.7 Å². The zero-order valence-corrected chi connectivity index (χ0v) is 16.1. The number of hydrogen-bond acceptors (Lipinski definition) is 5. The first kappa shape index (κ1) is 18.4. The van der Waals surface area contributed by atoms with E-state index in [4.69, 9.17) is 0 Å². The van der Waals surface area contributed by atoms with E-state index in [-0.39, 0.29) is 5.91 Å². The molecule has 7 heteroatoms. The second-order valence-corrected chi connectivity index (χ2v) is 6.62. The van der Waals surface area contributed by atoms with E-state index in [0.717, 1.165) is 16.9 Å². The fraction of sp³-hybridized carbons (Fsp3) is 0.0909. The topological polar surface area (TPSA) is 84.7 Å². The van der Waals surface area contributed by atoms with Gasteiger partial charge in [0.2, 0.25) is 0 Å². The number of aryl methyl sites for hydroxylation is 1. The van der Waals surface area contributed by atoms with Crippen LogP contribution in [0.1, 0.15) is 21.5 Å². The summed E-state index contributed by atoms with van der Waals surface area (Å²) in [5.74, 6) is 0.409. The van der Waals surface area contributed by atoms with Crippen molar-refractivity contribution < 1.29 is 4.79 Å². The maximum Gasteiger partial charge on any atom is 0.257 e. The molecule has 0 unspecified atom stereocenters. The van der Waals surface area contributed by atoms with Crippen LogP contribution in [0.4, 0.5) is 17.1 Å². The van der Waals surface area contributed by atoms with Gasteiger partial charge < -0.3 is 10.6 Å². The van der Waals surface area contributed by atoms with E-state index in [1.54, 1.807) is 35.4 Å². The second-order valence-electron chi connectivity index (χ2n) is 6.62. The molecule has 2 N–H and O–H groups in total. The monoisotopic (exact) mass is 384 g/mol. The molecule has 29 heavy (non-hydrogen) atoms. The van der Waals surface area contributed by atoms with Crippen LogP contribution in [0, 0.1) is 13.8 Å². The molecule has 2 aromatic carbocycles. The Morgan fingerprint density at radius 1 is 0.966 bits per heavy atom. The zero-order chi connectivity index (χ0) is 20.2. The van der Waals surface area contributed by atoms with Crippen molar-refractivity contribution >= 4 is 23.0 Å². The molecule has 0 atom stereocenters. The van der Waals surface area contributed by atoms with Crippen molar-refractivity contribution in [1.82, 2.24) is 19.7 Å². The zero-order valence-electron chi connectivity index (χ0n) is 16.1. The molecule has 4 rings (SSSR count). The number of para-hydroxylation sites is 1. The van der Waals surface area contributed by atoms with Crippen LogP contribution in [0.5, 0.6) is 0 Å². The Morgan fingerprint density at radius 2 is 1.79 bits per heavy atom. The van der Waals surface area contributed by atoms with Crippen molar-refractivity contribution in [3.63, 3.8) is 0 Å². The summed E-state index contributed by atoms with van der Waals surface area (Å²) in [5, 5.41) is 10.3. The number of rotatable bonds is 5. The third-order valence-corrected chi connectivity index (χ3v) is 4.70. The number of nitrogens with zero attached hydrogens (tertiary/aromatic N) is 4. The van der Waals surface area contributed by atoms with Gasteiger partial charge in [-0.15, -0.1) is 0 Å². The summed E-state index contributed by atoms with van der Waals surface area (Å²) >= 11 is 0. The predicted molar refractivity (Wildman–Crippen MR) is 113 cm³/mol. The van der Waals surface area contributed by atoms with Crippen molar-refractivity contribution in [1.29, 1.82) is 0 Å². The predicted octanol–water partition coefficient (Wildman–Crippen LogP) is 4.28. The molecule has 0 saturated carbocycles. The van der Waals surface area contributed by atoms with Crippen molar-refractivity contribution in [3.05, 3.63) is 90.1 Å². The van der Waals surface area contributed by atoms with Gasteiger partial charge in [-0.25, -0.2) is 14.6 Å². The summed E-state index contributed by atoms with van der Waals surface area (Å²) in [6.07, 6.45) is 4.60. The van der Waals surface area contributed by atoms with Gasteiger partial charge in [-0.3, -0.25) is 4.79 Å². The molecule has 0 aliphatic carbocycles. The van der Waals surface area contributed by atoms with Crippen LogP contribution in [0.15, 0.2) is 73.4 Å². The highest BCUT2D eigenvalue weighted by atomic mass is 16.1. The summed E-state index contributed by atoms with van der Waals surface area (Å²) in [5.41, 5.74) is 5.20. The lowest BCUT2D eigenvalue weighted by atomic mass is 10.1. The van der Waals surface area contributed by atoms with Gasteiger partial charge in [0, 0.05) is 5.69 Å². The molecular weight excluding hydrogens is 364 g/mol. The number of benzene rings is 2. The number of carbonyl (C=O) groups excluding carboxylic acids is 1. The number of carbonyl (C=O) groups is 1. The Balaban J connectivity index is 1.54. The Bertz CT molecular complexity index is 1140. The Hall–Kier alpha value is -4.00. The van der Waals surface area contributed by atoms with E-state index in [2.05, 4.69) is 45.6 Å². The first-order chi connectivity index (χ1) is 14.1. The first-order valence-corrected chi connectivity index (χ1v) is 9.16. The third-order valence-electron chi connectivity index (χ3n) is 4.70. The quantitative estimate of drug-likeness (QED) is 0.537. The molecule has 0 saturated heterocycles.